The minimum absolute atomic E-state index is 0.0626. The van der Waals surface area contributed by atoms with Crippen molar-refractivity contribution in [3.8, 4) is 0 Å². The number of allylic oxidation sites excluding steroid dienone is 1. The molecule has 0 spiro atoms. The zero-order chi connectivity index (χ0) is 11.8. The Labute approximate surface area is 97.4 Å². The first-order valence-corrected chi connectivity index (χ1v) is 5.39. The van der Waals surface area contributed by atoms with Gasteiger partial charge in [-0.3, -0.25) is 14.2 Å². The third-order valence-corrected chi connectivity index (χ3v) is 2.90. The Morgan fingerprint density at radius 3 is 3.18 bits per heavy atom. The normalized spacial score (nSPS) is 20.6. The second-order valence-corrected chi connectivity index (χ2v) is 4.05. The molecule has 0 bridgehead atoms. The van der Waals surface area contributed by atoms with Crippen molar-refractivity contribution in [1.29, 1.82) is 0 Å². The van der Waals surface area contributed by atoms with E-state index in [4.69, 9.17) is 0 Å². The summed E-state index contributed by atoms with van der Waals surface area (Å²) in [6.07, 6.45) is 6.53. The highest BCUT2D eigenvalue weighted by molar-refractivity contribution is 5.85. The van der Waals surface area contributed by atoms with Crippen molar-refractivity contribution in [1.82, 2.24) is 24.9 Å². The summed E-state index contributed by atoms with van der Waals surface area (Å²) in [5, 5.41) is 10.8. The molecule has 3 heterocycles. The second kappa shape index (κ2) is 3.65. The van der Waals surface area contributed by atoms with Gasteiger partial charge >= 0.3 is 0 Å². The monoisotopic (exact) mass is 229 g/mol. The largest absolute Gasteiger partial charge is 0.330 e. The van der Waals surface area contributed by atoms with Crippen LogP contribution in [0.3, 0.4) is 0 Å². The number of piperidine rings is 1. The minimum atomic E-state index is -0.266. The van der Waals surface area contributed by atoms with Gasteiger partial charge in [0.1, 0.15) is 5.82 Å². The minimum Gasteiger partial charge on any atom is -0.330 e. The van der Waals surface area contributed by atoms with Crippen molar-refractivity contribution in [2.24, 2.45) is 0 Å². The molecule has 1 N–H and O–H groups in total. The summed E-state index contributed by atoms with van der Waals surface area (Å²) in [5.74, 6) is 0.331. The third-order valence-electron chi connectivity index (χ3n) is 2.90. The number of hydrogen-bond donors (Lipinski definition) is 1. The van der Waals surface area contributed by atoms with Gasteiger partial charge in [0.05, 0.1) is 12.1 Å². The number of fused-ring (bicyclic) bond motifs is 1. The predicted molar refractivity (Wildman–Crippen MR) is 60.0 cm³/mol. The number of rotatable bonds is 1. The Balaban J connectivity index is 2.04. The van der Waals surface area contributed by atoms with Crippen LogP contribution in [-0.4, -0.2) is 25.5 Å². The van der Waals surface area contributed by atoms with E-state index in [0.717, 1.165) is 12.1 Å². The maximum absolute atomic E-state index is 11.9. The van der Waals surface area contributed by atoms with Crippen molar-refractivity contribution in [3.63, 3.8) is 0 Å². The fraction of sp³-hybridized carbons (Fsp3) is 0.273. The first kappa shape index (κ1) is 9.95. The summed E-state index contributed by atoms with van der Waals surface area (Å²) in [5.41, 5.74) is 1.42. The van der Waals surface area contributed by atoms with Crippen molar-refractivity contribution in [3.05, 3.63) is 36.7 Å². The number of nitrogens with zero attached hydrogens (tertiary/aromatic N) is 4. The van der Waals surface area contributed by atoms with Gasteiger partial charge in [0.2, 0.25) is 5.91 Å². The van der Waals surface area contributed by atoms with Gasteiger partial charge in [-0.05, 0) is 12.8 Å². The maximum atomic E-state index is 11.9. The summed E-state index contributed by atoms with van der Waals surface area (Å²) >= 11 is 0. The van der Waals surface area contributed by atoms with Gasteiger partial charge < -0.3 is 5.32 Å². The smallest absolute Gasteiger partial charge is 0.234 e. The molecule has 0 aliphatic carbocycles. The van der Waals surface area contributed by atoms with Gasteiger partial charge in [-0.1, -0.05) is 6.58 Å². The standard InChI is InChI=1S/C11H11N5O/c1-7-2-3-8(11(17)13-7)10-15-14-9-6-12-4-5-16(9)10/h4-6,8H,1-3H2,(H,13,17). The molecule has 1 fully saturated rings. The Kier molecular flexibility index (Phi) is 2.14. The highest BCUT2D eigenvalue weighted by Crippen LogP contribution is 2.25. The van der Waals surface area contributed by atoms with Crippen molar-refractivity contribution >= 4 is 11.6 Å². The molecule has 1 atom stereocenters. The zero-order valence-corrected chi connectivity index (χ0v) is 9.13. The van der Waals surface area contributed by atoms with Crippen LogP contribution in [0.2, 0.25) is 0 Å². The first-order chi connectivity index (χ1) is 8.25. The lowest BCUT2D eigenvalue weighted by atomic mass is 9.96. The highest BCUT2D eigenvalue weighted by atomic mass is 16.2. The molecule has 2 aromatic heterocycles. The Morgan fingerprint density at radius 1 is 1.47 bits per heavy atom. The Bertz CT molecular complexity index is 603. The van der Waals surface area contributed by atoms with E-state index in [1.165, 1.54) is 0 Å². The molecule has 1 aliphatic heterocycles. The van der Waals surface area contributed by atoms with Crippen LogP contribution in [0.15, 0.2) is 30.9 Å². The molecule has 1 amide bonds. The number of carbonyl (C=O) groups excluding carboxylic acids is 1. The molecule has 0 aromatic carbocycles. The van der Waals surface area contributed by atoms with Gasteiger partial charge in [-0.2, -0.15) is 0 Å². The summed E-state index contributed by atoms with van der Waals surface area (Å²) in [6, 6.07) is 0. The molecule has 2 aromatic rings. The van der Waals surface area contributed by atoms with Crippen LogP contribution in [0.4, 0.5) is 0 Å². The summed E-state index contributed by atoms with van der Waals surface area (Å²) in [4.78, 5) is 15.8. The van der Waals surface area contributed by atoms with E-state index in [9.17, 15) is 4.79 Å². The van der Waals surface area contributed by atoms with Crippen LogP contribution in [-0.2, 0) is 4.79 Å². The second-order valence-electron chi connectivity index (χ2n) is 4.05. The molecule has 86 valence electrons. The summed E-state index contributed by atoms with van der Waals surface area (Å²) in [7, 11) is 0. The Morgan fingerprint density at radius 2 is 2.35 bits per heavy atom. The zero-order valence-electron chi connectivity index (χ0n) is 9.13. The molecule has 3 rings (SSSR count). The predicted octanol–water partition coefficient (Wildman–Crippen LogP) is 0.632. The summed E-state index contributed by atoms with van der Waals surface area (Å²) in [6.45, 7) is 3.76. The average Bonchev–Trinajstić information content (AvgIpc) is 2.73. The molecule has 1 aliphatic rings. The van der Waals surface area contributed by atoms with Gasteiger partial charge in [0.15, 0.2) is 5.65 Å². The molecular formula is C11H11N5O. The number of carbonyl (C=O) groups is 1. The lowest BCUT2D eigenvalue weighted by Crippen LogP contribution is -2.34. The Hall–Kier alpha value is -2.24. The fourth-order valence-corrected chi connectivity index (χ4v) is 2.03. The van der Waals surface area contributed by atoms with E-state index in [0.29, 0.717) is 17.9 Å². The molecular weight excluding hydrogens is 218 g/mol. The van der Waals surface area contributed by atoms with Gasteiger partial charge in [0.25, 0.3) is 0 Å². The average molecular weight is 229 g/mol. The van der Waals surface area contributed by atoms with Crippen LogP contribution in [0.1, 0.15) is 24.6 Å². The van der Waals surface area contributed by atoms with Gasteiger partial charge in [0, 0.05) is 18.1 Å². The number of hydrogen-bond acceptors (Lipinski definition) is 4. The van der Waals surface area contributed by atoms with Crippen LogP contribution < -0.4 is 5.32 Å². The lowest BCUT2D eigenvalue weighted by Gasteiger charge is -2.21. The number of amides is 1. The van der Waals surface area contributed by atoms with Crippen molar-refractivity contribution < 1.29 is 4.79 Å². The molecule has 6 nitrogen and oxygen atoms in total. The quantitative estimate of drug-likeness (QED) is 0.778. The van der Waals surface area contributed by atoms with Crippen molar-refractivity contribution in [2.75, 3.05) is 0 Å². The molecule has 1 unspecified atom stereocenters. The van der Waals surface area contributed by atoms with E-state index >= 15 is 0 Å². The topological polar surface area (TPSA) is 72.2 Å². The SMILES string of the molecule is C=C1CCC(c2nnc3cnccn23)C(=O)N1. The highest BCUT2D eigenvalue weighted by Gasteiger charge is 2.29. The van der Waals surface area contributed by atoms with Gasteiger partial charge in [-0.25, -0.2) is 0 Å². The van der Waals surface area contributed by atoms with E-state index < -0.39 is 0 Å². The molecule has 17 heavy (non-hydrogen) atoms. The van der Waals surface area contributed by atoms with Crippen LogP contribution in [0.25, 0.3) is 5.65 Å². The van der Waals surface area contributed by atoms with Crippen LogP contribution in [0.5, 0.6) is 0 Å². The summed E-state index contributed by atoms with van der Waals surface area (Å²) < 4.78 is 1.80. The first-order valence-electron chi connectivity index (χ1n) is 5.39. The fourth-order valence-electron chi connectivity index (χ4n) is 2.03. The van der Waals surface area contributed by atoms with Crippen LogP contribution in [0, 0.1) is 0 Å². The molecule has 0 radical (unpaired) electrons. The third kappa shape index (κ3) is 1.57. The molecule has 1 saturated heterocycles. The molecule has 0 saturated carbocycles. The van der Waals surface area contributed by atoms with Crippen molar-refractivity contribution in [2.45, 2.75) is 18.8 Å². The van der Waals surface area contributed by atoms with E-state index in [1.807, 2.05) is 0 Å². The van der Waals surface area contributed by atoms with E-state index in [2.05, 4.69) is 27.1 Å². The molecule has 6 heteroatoms. The van der Waals surface area contributed by atoms with Gasteiger partial charge in [-0.15, -0.1) is 10.2 Å². The number of nitrogens with one attached hydrogen (secondary N) is 1. The number of aromatic nitrogens is 4. The maximum Gasteiger partial charge on any atom is 0.234 e. The van der Waals surface area contributed by atoms with Crippen LogP contribution >= 0.6 is 0 Å². The lowest BCUT2D eigenvalue weighted by molar-refractivity contribution is -0.123. The van der Waals surface area contributed by atoms with E-state index in [1.54, 1.807) is 23.0 Å². The van der Waals surface area contributed by atoms with E-state index in [-0.39, 0.29) is 11.8 Å².